The van der Waals surface area contributed by atoms with Gasteiger partial charge in [-0.1, -0.05) is 39.0 Å². The molecule has 0 aliphatic carbocycles. The van der Waals surface area contributed by atoms with Gasteiger partial charge in [0.2, 0.25) is 0 Å². The van der Waals surface area contributed by atoms with Crippen LogP contribution in [0.15, 0.2) is 36.4 Å². The zero-order chi connectivity index (χ0) is 17.9. The van der Waals surface area contributed by atoms with Crippen LogP contribution in [0.3, 0.4) is 0 Å². The molecule has 2 rings (SSSR count). The van der Waals surface area contributed by atoms with Crippen molar-refractivity contribution in [3.63, 3.8) is 0 Å². The summed E-state index contributed by atoms with van der Waals surface area (Å²) < 4.78 is 1.77. The average Bonchev–Trinajstić information content (AvgIpc) is 3.00. The van der Waals surface area contributed by atoms with E-state index in [0.717, 1.165) is 11.4 Å². The van der Waals surface area contributed by atoms with Gasteiger partial charge in [0.15, 0.2) is 5.69 Å². The Balaban J connectivity index is 2.31. The van der Waals surface area contributed by atoms with Crippen LogP contribution in [0.5, 0.6) is 0 Å². The first-order valence-electron chi connectivity index (χ1n) is 7.95. The number of aromatic nitrogens is 2. The second kappa shape index (κ2) is 7.29. The van der Waals surface area contributed by atoms with E-state index in [2.05, 4.69) is 5.10 Å². The molecule has 1 aromatic heterocycles. The third-order valence-electron chi connectivity index (χ3n) is 3.86. The van der Waals surface area contributed by atoms with Gasteiger partial charge >= 0.3 is 5.97 Å². The van der Waals surface area contributed by atoms with Crippen LogP contribution >= 0.6 is 0 Å². The molecule has 0 aliphatic rings. The van der Waals surface area contributed by atoms with E-state index in [1.807, 2.05) is 44.2 Å². The van der Waals surface area contributed by atoms with Crippen molar-refractivity contribution >= 4 is 11.9 Å². The van der Waals surface area contributed by atoms with Crippen molar-refractivity contribution in [1.29, 1.82) is 0 Å². The lowest BCUT2D eigenvalue weighted by atomic mass is 10.1. The number of carbonyl (C=O) groups is 2. The highest BCUT2D eigenvalue weighted by atomic mass is 16.4. The molecule has 1 unspecified atom stereocenters. The Kier molecular flexibility index (Phi) is 5.39. The van der Waals surface area contributed by atoms with Crippen molar-refractivity contribution < 1.29 is 14.7 Å². The van der Waals surface area contributed by atoms with Gasteiger partial charge in [-0.2, -0.15) is 5.10 Å². The summed E-state index contributed by atoms with van der Waals surface area (Å²) in [4.78, 5) is 25.0. The van der Waals surface area contributed by atoms with Gasteiger partial charge in [0.05, 0.1) is 11.6 Å². The topological polar surface area (TPSA) is 75.4 Å². The smallest absolute Gasteiger partial charge is 0.308 e. The van der Waals surface area contributed by atoms with Crippen molar-refractivity contribution in [2.75, 3.05) is 13.6 Å². The predicted octanol–water partition coefficient (Wildman–Crippen LogP) is 2.79. The highest BCUT2D eigenvalue weighted by Crippen LogP contribution is 2.21. The third kappa shape index (κ3) is 3.82. The summed E-state index contributed by atoms with van der Waals surface area (Å²) in [6.45, 7) is 5.81. The molecule has 128 valence electrons. The monoisotopic (exact) mass is 329 g/mol. The Hall–Kier alpha value is -2.63. The fourth-order valence-corrected chi connectivity index (χ4v) is 2.45. The van der Waals surface area contributed by atoms with Crippen LogP contribution in [0, 0.1) is 5.92 Å². The van der Waals surface area contributed by atoms with Gasteiger partial charge in [-0.05, 0) is 24.1 Å². The first-order valence-corrected chi connectivity index (χ1v) is 7.95. The molecule has 0 bridgehead atoms. The van der Waals surface area contributed by atoms with Crippen molar-refractivity contribution in [3.05, 3.63) is 47.8 Å². The van der Waals surface area contributed by atoms with Crippen molar-refractivity contribution in [3.8, 4) is 5.69 Å². The van der Waals surface area contributed by atoms with E-state index in [1.165, 1.54) is 4.90 Å². The predicted molar refractivity (Wildman–Crippen MR) is 91.4 cm³/mol. The van der Waals surface area contributed by atoms with Gasteiger partial charge in [-0.25, -0.2) is 4.68 Å². The highest BCUT2D eigenvalue weighted by Gasteiger charge is 2.22. The fourth-order valence-electron chi connectivity index (χ4n) is 2.45. The molecule has 24 heavy (non-hydrogen) atoms. The number of para-hydroxylation sites is 1. The Bertz CT molecular complexity index is 722. The van der Waals surface area contributed by atoms with Gasteiger partial charge in [0.25, 0.3) is 5.91 Å². The average molecular weight is 329 g/mol. The van der Waals surface area contributed by atoms with E-state index in [0.29, 0.717) is 5.69 Å². The molecule has 6 heteroatoms. The standard InChI is InChI=1S/C18H23N3O3/c1-12(2)16-10-15(17(22)20(4)11-13(3)18(23)24)19-21(16)14-8-6-5-7-9-14/h5-10,12-13H,11H2,1-4H3,(H,23,24). The molecule has 0 spiro atoms. The summed E-state index contributed by atoms with van der Waals surface area (Å²) in [5, 5.41) is 13.4. The fraction of sp³-hybridized carbons (Fsp3) is 0.389. The molecule has 1 amide bonds. The lowest BCUT2D eigenvalue weighted by molar-refractivity contribution is -0.141. The van der Waals surface area contributed by atoms with Crippen molar-refractivity contribution in [2.24, 2.45) is 5.92 Å². The number of hydrogen-bond donors (Lipinski definition) is 1. The molecule has 1 aromatic carbocycles. The number of carboxylic acid groups (broad SMARTS) is 1. The highest BCUT2D eigenvalue weighted by molar-refractivity contribution is 5.92. The molecular weight excluding hydrogens is 306 g/mol. The number of hydrogen-bond acceptors (Lipinski definition) is 3. The van der Waals surface area contributed by atoms with E-state index in [-0.39, 0.29) is 18.4 Å². The van der Waals surface area contributed by atoms with E-state index in [1.54, 1.807) is 24.7 Å². The molecule has 2 aromatic rings. The molecule has 0 saturated carbocycles. The normalized spacial score (nSPS) is 12.2. The Labute approximate surface area is 141 Å². The maximum Gasteiger partial charge on any atom is 0.308 e. The first-order chi connectivity index (χ1) is 11.3. The Morgan fingerprint density at radius 3 is 2.38 bits per heavy atom. The summed E-state index contributed by atoms with van der Waals surface area (Å²) in [5.74, 6) is -1.63. The van der Waals surface area contributed by atoms with Crippen LogP contribution in [0.25, 0.3) is 5.69 Å². The number of nitrogens with zero attached hydrogens (tertiary/aromatic N) is 3. The van der Waals surface area contributed by atoms with Crippen molar-refractivity contribution in [1.82, 2.24) is 14.7 Å². The van der Waals surface area contributed by atoms with E-state index in [9.17, 15) is 9.59 Å². The second-order valence-electron chi connectivity index (χ2n) is 6.28. The molecule has 6 nitrogen and oxygen atoms in total. The van der Waals surface area contributed by atoms with E-state index >= 15 is 0 Å². The van der Waals surface area contributed by atoms with E-state index < -0.39 is 11.9 Å². The lowest BCUT2D eigenvalue weighted by Crippen LogP contribution is -2.34. The molecule has 0 aliphatic heterocycles. The van der Waals surface area contributed by atoms with Crippen LogP contribution in [-0.2, 0) is 4.79 Å². The molecule has 1 heterocycles. The van der Waals surface area contributed by atoms with E-state index in [4.69, 9.17) is 5.11 Å². The maximum absolute atomic E-state index is 12.6. The van der Waals surface area contributed by atoms with Gasteiger partial charge in [-0.3, -0.25) is 9.59 Å². The number of aliphatic carboxylic acids is 1. The molecule has 1 N–H and O–H groups in total. The zero-order valence-corrected chi connectivity index (χ0v) is 14.4. The minimum Gasteiger partial charge on any atom is -0.481 e. The summed E-state index contributed by atoms with van der Waals surface area (Å²) in [7, 11) is 1.60. The summed E-state index contributed by atoms with van der Waals surface area (Å²) >= 11 is 0. The van der Waals surface area contributed by atoms with Crippen LogP contribution in [0.2, 0.25) is 0 Å². The van der Waals surface area contributed by atoms with Crippen LogP contribution in [0.1, 0.15) is 42.9 Å². The third-order valence-corrected chi connectivity index (χ3v) is 3.86. The number of carboxylic acids is 1. The Morgan fingerprint density at radius 2 is 1.83 bits per heavy atom. The molecule has 0 radical (unpaired) electrons. The maximum atomic E-state index is 12.6. The number of benzene rings is 1. The van der Waals surface area contributed by atoms with Crippen LogP contribution in [0.4, 0.5) is 0 Å². The van der Waals surface area contributed by atoms with Crippen molar-refractivity contribution in [2.45, 2.75) is 26.7 Å². The van der Waals surface area contributed by atoms with Gasteiger partial charge in [0.1, 0.15) is 0 Å². The van der Waals surface area contributed by atoms with Gasteiger partial charge in [-0.15, -0.1) is 0 Å². The SMILES string of the molecule is CC(CN(C)C(=O)c1cc(C(C)C)n(-c2ccccc2)n1)C(=O)O. The minimum absolute atomic E-state index is 0.142. The van der Waals surface area contributed by atoms with Gasteiger partial charge < -0.3 is 10.0 Å². The zero-order valence-electron chi connectivity index (χ0n) is 14.4. The van der Waals surface area contributed by atoms with Crippen LogP contribution in [-0.4, -0.2) is 45.3 Å². The molecule has 1 atom stereocenters. The molecular formula is C18H23N3O3. The molecule has 0 saturated heterocycles. The number of rotatable bonds is 6. The quantitative estimate of drug-likeness (QED) is 0.884. The first kappa shape index (κ1) is 17.7. The summed E-state index contributed by atoms with van der Waals surface area (Å²) in [5.41, 5.74) is 2.15. The molecule has 0 fully saturated rings. The van der Waals surface area contributed by atoms with Crippen LogP contribution < -0.4 is 0 Å². The lowest BCUT2D eigenvalue weighted by Gasteiger charge is -2.18. The summed E-state index contributed by atoms with van der Waals surface area (Å²) in [6, 6.07) is 11.4. The largest absolute Gasteiger partial charge is 0.481 e. The van der Waals surface area contributed by atoms with Gasteiger partial charge in [0, 0.05) is 19.3 Å². The summed E-state index contributed by atoms with van der Waals surface area (Å²) in [6.07, 6.45) is 0. The Morgan fingerprint density at radius 1 is 1.21 bits per heavy atom. The number of amides is 1. The minimum atomic E-state index is -0.924. The second-order valence-corrected chi connectivity index (χ2v) is 6.28. The number of carbonyl (C=O) groups excluding carboxylic acids is 1.